The second kappa shape index (κ2) is 7.13. The Kier molecular flexibility index (Phi) is 5.00. The number of alkyl halides is 2. The molecule has 1 heterocycles. The van der Waals surface area contributed by atoms with Crippen LogP contribution in [0.5, 0.6) is 0 Å². The molecule has 0 aliphatic heterocycles. The van der Waals surface area contributed by atoms with Crippen LogP contribution in [0.1, 0.15) is 23.2 Å². The summed E-state index contributed by atoms with van der Waals surface area (Å²) in [7, 11) is -3.77. The van der Waals surface area contributed by atoms with E-state index < -0.39 is 32.7 Å². The maximum atomic E-state index is 14.3. The van der Waals surface area contributed by atoms with Gasteiger partial charge in [-0.2, -0.15) is 10.4 Å². The van der Waals surface area contributed by atoms with Crippen LogP contribution in [0, 0.1) is 24.1 Å². The van der Waals surface area contributed by atoms with Gasteiger partial charge >= 0.3 is 0 Å². The molecule has 28 heavy (non-hydrogen) atoms. The molecule has 2 aromatic carbocycles. The van der Waals surface area contributed by atoms with Gasteiger partial charge in [-0.05, 0) is 42.8 Å². The van der Waals surface area contributed by atoms with Crippen LogP contribution in [0.3, 0.4) is 0 Å². The molecular formula is C19H14F3N3O2S. The lowest BCUT2D eigenvalue weighted by Gasteiger charge is -2.10. The number of hydrogen-bond acceptors (Lipinski definition) is 4. The Balaban J connectivity index is 2.22. The maximum Gasteiger partial charge on any atom is 0.282 e. The van der Waals surface area contributed by atoms with Crippen LogP contribution in [0.2, 0.25) is 0 Å². The van der Waals surface area contributed by atoms with E-state index in [1.165, 1.54) is 16.8 Å². The fraction of sp³-hybridized carbons (Fsp3) is 0.158. The zero-order valence-electron chi connectivity index (χ0n) is 14.8. The molecule has 3 rings (SSSR count). The number of rotatable bonds is 4. The number of benzene rings is 2. The van der Waals surface area contributed by atoms with Gasteiger partial charge in [-0.25, -0.2) is 26.3 Å². The molecule has 0 saturated heterocycles. The van der Waals surface area contributed by atoms with E-state index in [1.54, 1.807) is 19.1 Å². The topological polar surface area (TPSA) is 75.8 Å². The Morgan fingerprint density at radius 2 is 1.86 bits per heavy atom. The van der Waals surface area contributed by atoms with Gasteiger partial charge in [-0.3, -0.25) is 0 Å². The summed E-state index contributed by atoms with van der Waals surface area (Å²) in [5.74, 6) is -0.993. The molecule has 0 amide bonds. The van der Waals surface area contributed by atoms with E-state index >= 15 is 0 Å². The summed E-state index contributed by atoms with van der Waals surface area (Å²) in [5, 5.41) is 13.1. The van der Waals surface area contributed by atoms with Crippen molar-refractivity contribution in [2.45, 2.75) is 18.2 Å². The largest absolute Gasteiger partial charge is 0.282 e. The van der Waals surface area contributed by atoms with Crippen molar-refractivity contribution in [1.29, 1.82) is 5.26 Å². The molecule has 144 valence electrons. The monoisotopic (exact) mass is 405 g/mol. The molecule has 0 bridgehead atoms. The smallest absolute Gasteiger partial charge is 0.233 e. The van der Waals surface area contributed by atoms with Crippen LogP contribution in [-0.4, -0.2) is 24.5 Å². The molecular weight excluding hydrogens is 391 g/mol. The van der Waals surface area contributed by atoms with E-state index in [1.807, 2.05) is 6.07 Å². The molecule has 0 spiro atoms. The third-order valence-electron chi connectivity index (χ3n) is 4.17. The van der Waals surface area contributed by atoms with Gasteiger partial charge in [0.2, 0.25) is 0 Å². The minimum atomic E-state index is -3.77. The van der Waals surface area contributed by atoms with E-state index in [0.29, 0.717) is 16.8 Å². The highest BCUT2D eigenvalue weighted by molar-refractivity contribution is 7.90. The van der Waals surface area contributed by atoms with Crippen LogP contribution < -0.4 is 0 Å². The van der Waals surface area contributed by atoms with Crippen LogP contribution in [-0.2, 0) is 9.84 Å². The first kappa shape index (κ1) is 19.6. The molecule has 0 aliphatic carbocycles. The number of nitrogens with zero attached hydrogens (tertiary/aromatic N) is 3. The lowest BCUT2D eigenvalue weighted by Crippen LogP contribution is -2.03. The number of sulfone groups is 1. The standard InChI is InChI=1S/C19H14F3N3O2S/c1-11-3-5-14(7-13(11)10-23)25-17(9-16(24-25)19(21)22)12-4-6-18(15(20)8-12)28(2,26)27/h3-9,19H,1-2H3. The molecule has 0 saturated carbocycles. The van der Waals surface area contributed by atoms with Gasteiger partial charge in [0.15, 0.2) is 9.84 Å². The van der Waals surface area contributed by atoms with Crippen molar-refractivity contribution >= 4 is 9.84 Å². The molecule has 0 radical (unpaired) electrons. The number of halogens is 3. The van der Waals surface area contributed by atoms with Crippen molar-refractivity contribution in [3.05, 3.63) is 65.1 Å². The Labute approximate surface area is 159 Å². The average Bonchev–Trinajstić information content (AvgIpc) is 3.06. The summed E-state index contributed by atoms with van der Waals surface area (Å²) in [4.78, 5) is -0.487. The molecule has 1 aromatic heterocycles. The summed E-state index contributed by atoms with van der Waals surface area (Å²) in [5.41, 5.74) is 1.18. The van der Waals surface area contributed by atoms with Crippen molar-refractivity contribution < 1.29 is 21.6 Å². The molecule has 3 aromatic rings. The van der Waals surface area contributed by atoms with Gasteiger partial charge in [0, 0.05) is 11.8 Å². The van der Waals surface area contributed by atoms with Crippen LogP contribution in [0.15, 0.2) is 47.4 Å². The van der Waals surface area contributed by atoms with Gasteiger partial charge in [0.25, 0.3) is 6.43 Å². The van der Waals surface area contributed by atoms with E-state index in [9.17, 15) is 26.9 Å². The highest BCUT2D eigenvalue weighted by Gasteiger charge is 2.20. The van der Waals surface area contributed by atoms with Gasteiger partial charge < -0.3 is 0 Å². The highest BCUT2D eigenvalue weighted by atomic mass is 32.2. The van der Waals surface area contributed by atoms with Crippen molar-refractivity contribution in [1.82, 2.24) is 9.78 Å². The number of aryl methyl sites for hydroxylation is 1. The Bertz CT molecular complexity index is 1210. The summed E-state index contributed by atoms with van der Waals surface area (Å²) in [6, 6.07) is 11.2. The number of nitriles is 1. The molecule has 0 atom stereocenters. The van der Waals surface area contributed by atoms with Gasteiger partial charge in [-0.15, -0.1) is 0 Å². The predicted octanol–water partition coefficient (Wildman–Crippen LogP) is 4.20. The second-order valence-corrected chi connectivity index (χ2v) is 8.18. The SMILES string of the molecule is Cc1ccc(-n2nc(C(F)F)cc2-c2ccc(S(C)(=O)=O)c(F)c2)cc1C#N. The lowest BCUT2D eigenvalue weighted by molar-refractivity contribution is 0.145. The van der Waals surface area contributed by atoms with Crippen molar-refractivity contribution in [3.63, 3.8) is 0 Å². The third kappa shape index (κ3) is 3.64. The molecule has 9 heteroatoms. The third-order valence-corrected chi connectivity index (χ3v) is 5.30. The van der Waals surface area contributed by atoms with Crippen LogP contribution in [0.25, 0.3) is 16.9 Å². The minimum Gasteiger partial charge on any atom is -0.233 e. The quantitative estimate of drug-likeness (QED) is 0.652. The molecule has 5 nitrogen and oxygen atoms in total. The molecule has 0 N–H and O–H groups in total. The molecule has 0 fully saturated rings. The van der Waals surface area contributed by atoms with Crippen molar-refractivity contribution in [2.75, 3.05) is 6.26 Å². The first-order valence-electron chi connectivity index (χ1n) is 8.01. The summed E-state index contributed by atoms with van der Waals surface area (Å²) >= 11 is 0. The van der Waals surface area contributed by atoms with Crippen LogP contribution >= 0.6 is 0 Å². The minimum absolute atomic E-state index is 0.141. The maximum absolute atomic E-state index is 14.3. The van der Waals surface area contributed by atoms with Gasteiger partial charge in [0.05, 0.1) is 23.0 Å². The average molecular weight is 405 g/mol. The fourth-order valence-corrected chi connectivity index (χ4v) is 3.46. The zero-order valence-corrected chi connectivity index (χ0v) is 15.6. The second-order valence-electron chi connectivity index (χ2n) is 6.20. The summed E-state index contributed by atoms with van der Waals surface area (Å²) in [6.45, 7) is 1.73. The van der Waals surface area contributed by atoms with E-state index in [2.05, 4.69) is 5.10 Å². The zero-order chi connectivity index (χ0) is 20.6. The van der Waals surface area contributed by atoms with E-state index in [-0.39, 0.29) is 11.3 Å². The van der Waals surface area contributed by atoms with Crippen molar-refractivity contribution in [3.8, 4) is 23.0 Å². The van der Waals surface area contributed by atoms with E-state index in [4.69, 9.17) is 0 Å². The number of aromatic nitrogens is 2. The lowest BCUT2D eigenvalue weighted by atomic mass is 10.1. The van der Waals surface area contributed by atoms with Crippen LogP contribution in [0.4, 0.5) is 13.2 Å². The Morgan fingerprint density at radius 3 is 2.43 bits per heavy atom. The van der Waals surface area contributed by atoms with Gasteiger partial charge in [0.1, 0.15) is 16.4 Å². The molecule has 0 unspecified atom stereocenters. The Morgan fingerprint density at radius 1 is 1.14 bits per heavy atom. The molecule has 0 aliphatic rings. The summed E-state index contributed by atoms with van der Waals surface area (Å²) in [6.07, 6.45) is -1.99. The fourth-order valence-electron chi connectivity index (χ4n) is 2.73. The van der Waals surface area contributed by atoms with E-state index in [0.717, 1.165) is 24.5 Å². The summed E-state index contributed by atoms with van der Waals surface area (Å²) < 4.78 is 65.1. The normalized spacial score (nSPS) is 11.6. The predicted molar refractivity (Wildman–Crippen MR) is 96.5 cm³/mol. The van der Waals surface area contributed by atoms with Crippen molar-refractivity contribution in [2.24, 2.45) is 0 Å². The number of hydrogen-bond donors (Lipinski definition) is 0. The first-order valence-corrected chi connectivity index (χ1v) is 9.90. The Hall–Kier alpha value is -3.12. The first-order chi connectivity index (χ1) is 13.1. The highest BCUT2D eigenvalue weighted by Crippen LogP contribution is 2.30. The van der Waals surface area contributed by atoms with Gasteiger partial charge in [-0.1, -0.05) is 12.1 Å².